The second-order valence-electron chi connectivity index (χ2n) is 6.28. The minimum absolute atomic E-state index is 0.569. The van der Waals surface area contributed by atoms with Crippen LogP contribution in [-0.4, -0.2) is 50.7 Å². The molecule has 26 heavy (non-hydrogen) atoms. The van der Waals surface area contributed by atoms with Crippen molar-refractivity contribution in [3.8, 4) is 5.82 Å². The van der Waals surface area contributed by atoms with E-state index >= 15 is 0 Å². The summed E-state index contributed by atoms with van der Waals surface area (Å²) in [5.41, 5.74) is 2.70. The molecule has 3 aromatic heterocycles. The van der Waals surface area contributed by atoms with Crippen LogP contribution >= 0.6 is 0 Å². The molecule has 1 aliphatic heterocycles. The maximum absolute atomic E-state index is 12.7. The zero-order valence-electron chi connectivity index (χ0n) is 14.2. The first-order valence-corrected chi connectivity index (χ1v) is 8.47. The number of anilines is 1. The number of ether oxygens (including phenoxy) is 1. The van der Waals surface area contributed by atoms with Crippen molar-refractivity contribution in [2.75, 3.05) is 31.2 Å². The summed E-state index contributed by atoms with van der Waals surface area (Å²) in [6.07, 6.45) is 3.56. The van der Waals surface area contributed by atoms with Crippen LogP contribution in [0.1, 0.15) is 5.69 Å². The van der Waals surface area contributed by atoms with Crippen molar-refractivity contribution < 1.29 is 9.47 Å². The third kappa shape index (κ3) is 2.14. The average molecular weight is 351 g/mol. The lowest BCUT2D eigenvalue weighted by Gasteiger charge is -2.25. The van der Waals surface area contributed by atoms with E-state index in [-0.39, 0.29) is 0 Å². The molecule has 9 heteroatoms. The standard InChI is InChI=1S/C17H17N7O2/c1-12-16-17(23-10-15(19-20-23)21-6-8-26-9-7-21)18-11-22(16)13-4-2-3-5-14(13)24(12)25/h2-5,10-11H,6-9H2,1H3. The van der Waals surface area contributed by atoms with Gasteiger partial charge in [-0.05, 0) is 6.07 Å². The van der Waals surface area contributed by atoms with Crippen molar-refractivity contribution in [1.82, 2.24) is 24.4 Å². The molecule has 0 unspecified atom stereocenters. The van der Waals surface area contributed by atoms with Gasteiger partial charge in [0, 0.05) is 26.1 Å². The SMILES string of the molecule is Cc1c2c(-n3cc(N4CCOCC4)nn3)ncn2c2ccccc2[n+]1[O-]. The van der Waals surface area contributed by atoms with Crippen molar-refractivity contribution in [2.24, 2.45) is 0 Å². The van der Waals surface area contributed by atoms with Crippen LogP contribution in [0.4, 0.5) is 5.82 Å². The molecule has 5 rings (SSSR count). The summed E-state index contributed by atoms with van der Waals surface area (Å²) in [5, 5.41) is 21.2. The van der Waals surface area contributed by atoms with Gasteiger partial charge in [0.2, 0.25) is 11.2 Å². The Kier molecular flexibility index (Phi) is 3.29. The molecule has 0 aliphatic carbocycles. The summed E-state index contributed by atoms with van der Waals surface area (Å²) >= 11 is 0. The van der Waals surface area contributed by atoms with Crippen molar-refractivity contribution in [2.45, 2.75) is 6.92 Å². The summed E-state index contributed by atoms with van der Waals surface area (Å²) in [5.74, 6) is 1.37. The van der Waals surface area contributed by atoms with E-state index in [0.29, 0.717) is 30.2 Å². The molecular weight excluding hydrogens is 334 g/mol. The van der Waals surface area contributed by atoms with Gasteiger partial charge < -0.3 is 14.8 Å². The average Bonchev–Trinajstić information content (AvgIpc) is 3.34. The zero-order valence-corrected chi connectivity index (χ0v) is 14.2. The van der Waals surface area contributed by atoms with E-state index in [4.69, 9.17) is 4.74 Å². The smallest absolute Gasteiger partial charge is 0.241 e. The maximum atomic E-state index is 12.7. The van der Waals surface area contributed by atoms with Crippen LogP contribution in [0, 0.1) is 12.1 Å². The molecule has 1 aromatic carbocycles. The fraction of sp³-hybridized carbons (Fsp3) is 0.294. The normalized spacial score (nSPS) is 15.2. The molecular formula is C17H17N7O2. The number of hydrogen-bond donors (Lipinski definition) is 0. The van der Waals surface area contributed by atoms with Gasteiger partial charge in [-0.1, -0.05) is 17.3 Å². The van der Waals surface area contributed by atoms with Crippen LogP contribution in [0.3, 0.4) is 0 Å². The molecule has 0 saturated carbocycles. The number of nitrogens with zero attached hydrogens (tertiary/aromatic N) is 7. The number of aromatic nitrogens is 6. The van der Waals surface area contributed by atoms with Gasteiger partial charge in [-0.2, -0.15) is 9.41 Å². The quantitative estimate of drug-likeness (QED) is 0.393. The third-order valence-electron chi connectivity index (χ3n) is 4.79. The van der Waals surface area contributed by atoms with E-state index in [1.54, 1.807) is 24.0 Å². The molecule has 0 atom stereocenters. The maximum Gasteiger partial charge on any atom is 0.241 e. The van der Waals surface area contributed by atoms with Gasteiger partial charge in [0.15, 0.2) is 17.2 Å². The summed E-state index contributed by atoms with van der Waals surface area (Å²) in [7, 11) is 0. The van der Waals surface area contributed by atoms with Crippen molar-refractivity contribution in [3.05, 3.63) is 47.7 Å². The molecule has 0 bridgehead atoms. The fourth-order valence-corrected chi connectivity index (χ4v) is 3.44. The second kappa shape index (κ2) is 5.67. The largest absolute Gasteiger partial charge is 0.618 e. The lowest BCUT2D eigenvalue weighted by Crippen LogP contribution is -2.36. The Bertz CT molecular complexity index is 1110. The molecule has 4 aromatic rings. The van der Waals surface area contributed by atoms with Gasteiger partial charge in [0.1, 0.15) is 11.8 Å². The third-order valence-corrected chi connectivity index (χ3v) is 4.79. The highest BCUT2D eigenvalue weighted by molar-refractivity contribution is 5.78. The summed E-state index contributed by atoms with van der Waals surface area (Å²) in [4.78, 5) is 6.63. The van der Waals surface area contributed by atoms with Gasteiger partial charge in [-0.3, -0.25) is 4.40 Å². The monoisotopic (exact) mass is 351 g/mol. The van der Waals surface area contributed by atoms with E-state index in [2.05, 4.69) is 20.2 Å². The Morgan fingerprint density at radius 2 is 2.00 bits per heavy atom. The molecule has 0 N–H and O–H groups in total. The minimum atomic E-state index is 0.569. The fourth-order valence-electron chi connectivity index (χ4n) is 3.44. The number of rotatable bonds is 2. The lowest BCUT2D eigenvalue weighted by molar-refractivity contribution is -0.583. The van der Waals surface area contributed by atoms with Gasteiger partial charge in [0.05, 0.1) is 19.4 Å². The summed E-state index contributed by atoms with van der Waals surface area (Å²) in [6, 6.07) is 7.47. The molecule has 1 aliphatic rings. The van der Waals surface area contributed by atoms with Gasteiger partial charge in [0.25, 0.3) is 0 Å². The van der Waals surface area contributed by atoms with E-state index < -0.39 is 0 Å². The Labute approximate surface area is 148 Å². The van der Waals surface area contributed by atoms with Crippen LogP contribution in [0.5, 0.6) is 0 Å². The molecule has 9 nitrogen and oxygen atoms in total. The number of para-hydroxylation sites is 2. The second-order valence-corrected chi connectivity index (χ2v) is 6.28. The number of hydrogen-bond acceptors (Lipinski definition) is 6. The van der Waals surface area contributed by atoms with Crippen LogP contribution < -0.4 is 9.63 Å². The topological polar surface area (TPSA) is 87.4 Å². The Morgan fingerprint density at radius 3 is 2.85 bits per heavy atom. The molecule has 0 amide bonds. The number of imidazole rings is 1. The van der Waals surface area contributed by atoms with Gasteiger partial charge in [-0.25, -0.2) is 4.98 Å². The van der Waals surface area contributed by atoms with E-state index in [0.717, 1.165) is 34.7 Å². The van der Waals surface area contributed by atoms with Crippen LogP contribution in [0.2, 0.25) is 0 Å². The molecule has 1 fully saturated rings. The van der Waals surface area contributed by atoms with Crippen molar-refractivity contribution in [3.63, 3.8) is 0 Å². The van der Waals surface area contributed by atoms with Gasteiger partial charge in [-0.15, -0.1) is 5.10 Å². The van der Waals surface area contributed by atoms with Crippen LogP contribution in [0.15, 0.2) is 36.8 Å². The highest BCUT2D eigenvalue weighted by Crippen LogP contribution is 2.22. The number of fused-ring (bicyclic) bond motifs is 3. The van der Waals surface area contributed by atoms with Crippen LogP contribution in [0.25, 0.3) is 22.4 Å². The summed E-state index contributed by atoms with van der Waals surface area (Å²) < 4.78 is 9.87. The van der Waals surface area contributed by atoms with Crippen molar-refractivity contribution >= 4 is 22.4 Å². The Morgan fingerprint density at radius 1 is 1.19 bits per heavy atom. The van der Waals surface area contributed by atoms with Crippen molar-refractivity contribution in [1.29, 1.82) is 0 Å². The predicted octanol–water partition coefficient (Wildman–Crippen LogP) is 0.847. The van der Waals surface area contributed by atoms with E-state index in [1.807, 2.05) is 28.8 Å². The molecule has 4 heterocycles. The summed E-state index contributed by atoms with van der Waals surface area (Å²) in [6.45, 7) is 4.72. The minimum Gasteiger partial charge on any atom is -0.618 e. The van der Waals surface area contributed by atoms with Gasteiger partial charge >= 0.3 is 0 Å². The lowest BCUT2D eigenvalue weighted by atomic mass is 10.2. The highest BCUT2D eigenvalue weighted by atomic mass is 16.5. The number of aryl methyl sites for hydroxylation is 1. The molecule has 0 spiro atoms. The highest BCUT2D eigenvalue weighted by Gasteiger charge is 2.22. The number of benzene rings is 1. The molecule has 1 saturated heterocycles. The van der Waals surface area contributed by atoms with E-state index in [1.165, 1.54) is 0 Å². The first kappa shape index (κ1) is 15.1. The predicted molar refractivity (Wildman–Crippen MR) is 94.3 cm³/mol. The first-order chi connectivity index (χ1) is 12.7. The Balaban J connectivity index is 1.67. The molecule has 0 radical (unpaired) electrons. The molecule has 132 valence electrons. The van der Waals surface area contributed by atoms with E-state index in [9.17, 15) is 5.21 Å². The Hall–Kier alpha value is -3.20. The zero-order chi connectivity index (χ0) is 17.7. The van der Waals surface area contributed by atoms with Crippen LogP contribution in [-0.2, 0) is 4.74 Å². The first-order valence-electron chi connectivity index (χ1n) is 8.47. The number of morpholine rings is 1.